The minimum Gasteiger partial charge on any atom is -0.496 e. The molecule has 2 heterocycles. The summed E-state index contributed by atoms with van der Waals surface area (Å²) in [7, 11) is 3.69. The zero-order chi connectivity index (χ0) is 28.2. The fourth-order valence-electron chi connectivity index (χ4n) is 5.55. The van der Waals surface area contributed by atoms with Gasteiger partial charge in [0, 0.05) is 49.2 Å². The lowest BCUT2D eigenvalue weighted by molar-refractivity contribution is 0.291. The fraction of sp³-hybridized carbons (Fsp3) is 0.303. The second-order valence-electron chi connectivity index (χ2n) is 10.4. The van der Waals surface area contributed by atoms with E-state index in [1.165, 1.54) is 11.1 Å². The minimum atomic E-state index is -0.337. The number of ether oxygens (including phenoxy) is 1. The fourth-order valence-corrected chi connectivity index (χ4v) is 5.55. The summed E-state index contributed by atoms with van der Waals surface area (Å²) in [5.41, 5.74) is 10.2. The van der Waals surface area contributed by atoms with Gasteiger partial charge in [-0.25, -0.2) is 9.37 Å². The van der Waals surface area contributed by atoms with Gasteiger partial charge >= 0.3 is 0 Å². The predicted octanol–water partition coefficient (Wildman–Crippen LogP) is 5.99. The van der Waals surface area contributed by atoms with Gasteiger partial charge in [0.1, 0.15) is 17.4 Å². The molecule has 1 aromatic heterocycles. The Morgan fingerprint density at radius 1 is 1.02 bits per heavy atom. The van der Waals surface area contributed by atoms with Gasteiger partial charge in [-0.3, -0.25) is 0 Å². The number of aliphatic hydroxyl groups is 1. The molecule has 40 heavy (non-hydrogen) atoms. The summed E-state index contributed by atoms with van der Waals surface area (Å²) in [4.78, 5) is 7.01. The summed E-state index contributed by atoms with van der Waals surface area (Å²) in [5, 5.41) is 15.7. The van der Waals surface area contributed by atoms with Gasteiger partial charge in [-0.05, 0) is 90.5 Å². The van der Waals surface area contributed by atoms with Crippen LogP contribution >= 0.6 is 0 Å². The van der Waals surface area contributed by atoms with Crippen molar-refractivity contribution in [2.75, 3.05) is 39.2 Å². The molecular weight excluding hydrogens is 503 g/mol. The van der Waals surface area contributed by atoms with Crippen LogP contribution in [0.15, 0.2) is 60.8 Å². The molecule has 4 aromatic rings. The third-order valence-electron chi connectivity index (χ3n) is 7.83. The maximum atomic E-state index is 15.2. The van der Waals surface area contributed by atoms with E-state index < -0.39 is 0 Å². The molecule has 0 atom stereocenters. The van der Waals surface area contributed by atoms with Crippen molar-refractivity contribution < 1.29 is 14.2 Å². The number of benzene rings is 3. The highest BCUT2D eigenvalue weighted by molar-refractivity contribution is 5.83. The van der Waals surface area contributed by atoms with Crippen molar-refractivity contribution >= 4 is 11.5 Å². The van der Waals surface area contributed by atoms with Crippen LogP contribution in [0.1, 0.15) is 27.8 Å². The van der Waals surface area contributed by atoms with Gasteiger partial charge in [-0.1, -0.05) is 30.3 Å². The topological polar surface area (TPSA) is 69.7 Å². The highest BCUT2D eigenvalue weighted by Crippen LogP contribution is 2.38. The number of likely N-dealkylation sites (N-methyl/N-ethyl adjacent to an activating group) is 1. The lowest BCUT2D eigenvalue weighted by Gasteiger charge is -2.27. The molecule has 208 valence electrons. The molecule has 7 heteroatoms. The molecule has 3 aromatic carbocycles. The van der Waals surface area contributed by atoms with Crippen LogP contribution in [-0.4, -0.2) is 48.8 Å². The molecule has 0 saturated carbocycles. The van der Waals surface area contributed by atoms with E-state index in [0.29, 0.717) is 17.9 Å². The second kappa shape index (κ2) is 12.2. The average molecular weight is 541 g/mol. The normalized spacial score (nSPS) is 13.2. The Kier molecular flexibility index (Phi) is 8.45. The Bertz CT molecular complexity index is 1520. The van der Waals surface area contributed by atoms with Crippen LogP contribution in [0.5, 0.6) is 5.75 Å². The number of halogens is 1. The van der Waals surface area contributed by atoms with E-state index in [4.69, 9.17) is 9.84 Å². The molecule has 1 aliphatic rings. The number of aliphatic hydroxyl groups excluding tert-OH is 1. The zero-order valence-electron chi connectivity index (χ0n) is 23.6. The molecule has 1 aliphatic heterocycles. The van der Waals surface area contributed by atoms with Crippen LogP contribution in [-0.2, 0) is 19.5 Å². The number of hydrogen-bond acceptors (Lipinski definition) is 6. The van der Waals surface area contributed by atoms with Gasteiger partial charge in [-0.15, -0.1) is 0 Å². The summed E-state index contributed by atoms with van der Waals surface area (Å²) in [6.07, 6.45) is 2.92. The number of nitrogens with one attached hydrogen (secondary N) is 2. The first-order valence-electron chi connectivity index (χ1n) is 13.7. The van der Waals surface area contributed by atoms with Gasteiger partial charge in [0.15, 0.2) is 0 Å². The molecule has 0 radical (unpaired) electrons. The highest BCUT2D eigenvalue weighted by Gasteiger charge is 2.19. The van der Waals surface area contributed by atoms with Gasteiger partial charge in [0.25, 0.3) is 0 Å². The Morgan fingerprint density at radius 3 is 2.55 bits per heavy atom. The number of pyridine rings is 1. The van der Waals surface area contributed by atoms with Gasteiger partial charge in [-0.2, -0.15) is 0 Å². The number of fused-ring (bicyclic) bond motifs is 1. The first-order chi connectivity index (χ1) is 19.4. The van der Waals surface area contributed by atoms with E-state index in [2.05, 4.69) is 71.7 Å². The Balaban J connectivity index is 1.50. The average Bonchev–Trinajstić information content (AvgIpc) is 2.95. The Morgan fingerprint density at radius 2 is 1.77 bits per heavy atom. The van der Waals surface area contributed by atoms with Gasteiger partial charge in [0.2, 0.25) is 0 Å². The molecule has 0 bridgehead atoms. The first-order valence-corrected chi connectivity index (χ1v) is 13.7. The molecule has 6 nitrogen and oxygen atoms in total. The van der Waals surface area contributed by atoms with Crippen LogP contribution in [0.25, 0.3) is 22.3 Å². The Hall–Kier alpha value is -3.78. The van der Waals surface area contributed by atoms with E-state index in [9.17, 15) is 0 Å². The molecule has 0 fully saturated rings. The van der Waals surface area contributed by atoms with Gasteiger partial charge < -0.3 is 25.4 Å². The van der Waals surface area contributed by atoms with E-state index in [-0.39, 0.29) is 19.0 Å². The van der Waals surface area contributed by atoms with Gasteiger partial charge in [0.05, 0.1) is 13.7 Å². The number of anilines is 2. The smallest absolute Gasteiger partial charge is 0.135 e. The van der Waals surface area contributed by atoms with Crippen molar-refractivity contribution in [2.45, 2.75) is 33.4 Å². The SMILES string of the molecule is COc1cc(-c2cccc(-c3cccc(Nc4nccc5c4CN(C)CC5)c3C)c2C)cc(F)c1CNCCO. The molecular formula is C33H37FN4O2. The molecule has 0 spiro atoms. The summed E-state index contributed by atoms with van der Waals surface area (Å²) in [5.74, 6) is 1.05. The van der Waals surface area contributed by atoms with E-state index in [0.717, 1.165) is 64.4 Å². The standard InChI is InChI=1S/C33H37FN4O2/c1-21-25(24-17-30(34)28(19-35-14-16-39)32(18-24)40-4)7-5-8-26(21)27-9-6-10-31(22(27)2)37-33-29-20-38(3)15-12-23(29)11-13-36-33/h5-11,13,17-18,35,39H,12,14-16,19-20H2,1-4H3,(H,36,37). The maximum absolute atomic E-state index is 15.2. The van der Waals surface area contributed by atoms with Crippen LogP contribution in [0, 0.1) is 19.7 Å². The summed E-state index contributed by atoms with van der Waals surface area (Å²) in [6, 6.07) is 18.0. The molecule has 0 aliphatic carbocycles. The van der Waals surface area contributed by atoms with Crippen LogP contribution < -0.4 is 15.4 Å². The zero-order valence-corrected chi connectivity index (χ0v) is 23.6. The number of aromatic nitrogens is 1. The monoisotopic (exact) mass is 540 g/mol. The first kappa shape index (κ1) is 27.8. The van der Waals surface area contributed by atoms with Crippen LogP contribution in [0.4, 0.5) is 15.9 Å². The van der Waals surface area contributed by atoms with Crippen molar-refractivity contribution in [1.29, 1.82) is 0 Å². The summed E-state index contributed by atoms with van der Waals surface area (Å²) < 4.78 is 20.8. The predicted molar refractivity (Wildman–Crippen MR) is 160 cm³/mol. The van der Waals surface area contributed by atoms with Crippen molar-refractivity contribution in [3.63, 3.8) is 0 Å². The van der Waals surface area contributed by atoms with Crippen LogP contribution in [0.3, 0.4) is 0 Å². The van der Waals surface area contributed by atoms with Crippen molar-refractivity contribution in [1.82, 2.24) is 15.2 Å². The third kappa shape index (κ3) is 5.59. The largest absolute Gasteiger partial charge is 0.496 e. The van der Waals surface area contributed by atoms with Crippen molar-refractivity contribution in [3.05, 3.63) is 94.4 Å². The minimum absolute atomic E-state index is 0.00839. The van der Waals surface area contributed by atoms with E-state index >= 15 is 4.39 Å². The molecule has 5 rings (SSSR count). The number of nitrogens with zero attached hydrogens (tertiary/aromatic N) is 2. The third-order valence-corrected chi connectivity index (χ3v) is 7.83. The number of rotatable bonds is 9. The van der Waals surface area contributed by atoms with Crippen molar-refractivity contribution in [3.8, 4) is 28.0 Å². The molecule has 0 saturated heterocycles. The van der Waals surface area contributed by atoms with E-state index in [1.807, 2.05) is 24.4 Å². The lowest BCUT2D eigenvalue weighted by atomic mass is 9.90. The number of methoxy groups -OCH3 is 1. The summed E-state index contributed by atoms with van der Waals surface area (Å²) in [6.45, 7) is 6.80. The maximum Gasteiger partial charge on any atom is 0.135 e. The Labute approximate surface area is 235 Å². The molecule has 0 amide bonds. The summed E-state index contributed by atoms with van der Waals surface area (Å²) >= 11 is 0. The van der Waals surface area contributed by atoms with Crippen LogP contribution in [0.2, 0.25) is 0 Å². The second-order valence-corrected chi connectivity index (χ2v) is 10.4. The molecule has 0 unspecified atom stereocenters. The highest BCUT2D eigenvalue weighted by atomic mass is 19.1. The van der Waals surface area contributed by atoms with Crippen molar-refractivity contribution in [2.24, 2.45) is 0 Å². The quantitative estimate of drug-likeness (QED) is 0.227. The molecule has 3 N–H and O–H groups in total. The lowest BCUT2D eigenvalue weighted by Crippen LogP contribution is -2.27. The number of hydrogen-bond donors (Lipinski definition) is 3. The van der Waals surface area contributed by atoms with E-state index in [1.54, 1.807) is 13.2 Å².